The molecule has 0 unspecified atom stereocenters. The second-order valence-corrected chi connectivity index (χ2v) is 9.59. The summed E-state index contributed by atoms with van der Waals surface area (Å²) in [5.41, 5.74) is 0.943. The number of carbonyl (C=O) groups excluding carboxylic acids is 1. The number of hydrogen-bond acceptors (Lipinski definition) is 7. The third kappa shape index (κ3) is 6.74. The second kappa shape index (κ2) is 11.0. The highest BCUT2D eigenvalue weighted by Gasteiger charge is 2.15. The van der Waals surface area contributed by atoms with Gasteiger partial charge in [-0.05, 0) is 61.1 Å². The lowest BCUT2D eigenvalue weighted by atomic mass is 10.2. The van der Waals surface area contributed by atoms with Gasteiger partial charge >= 0.3 is 0 Å². The smallest absolute Gasteiger partial charge is 0.263 e. The minimum Gasteiger partial charge on any atom is -0.494 e. The van der Waals surface area contributed by atoms with Crippen LogP contribution < -0.4 is 20.1 Å². The Morgan fingerprint density at radius 1 is 1.19 bits per heavy atom. The lowest BCUT2D eigenvalue weighted by Gasteiger charge is -2.11. The van der Waals surface area contributed by atoms with E-state index >= 15 is 0 Å². The van der Waals surface area contributed by atoms with Crippen molar-refractivity contribution in [3.63, 3.8) is 0 Å². The van der Waals surface area contributed by atoms with Gasteiger partial charge in [0.2, 0.25) is 0 Å². The van der Waals surface area contributed by atoms with Crippen LogP contribution in [0.4, 0.5) is 10.8 Å². The van der Waals surface area contributed by atoms with Crippen molar-refractivity contribution in [1.29, 1.82) is 0 Å². The Kier molecular flexibility index (Phi) is 8.14. The van der Waals surface area contributed by atoms with Gasteiger partial charge in [-0.1, -0.05) is 19.4 Å². The van der Waals surface area contributed by atoms with Crippen LogP contribution in [0.3, 0.4) is 0 Å². The monoisotopic (exact) mass is 490 g/mol. The molecule has 3 aromatic rings. The Morgan fingerprint density at radius 3 is 2.66 bits per heavy atom. The zero-order valence-corrected chi connectivity index (χ0v) is 19.6. The molecular weight excluding hydrogens is 468 g/mol. The van der Waals surface area contributed by atoms with Crippen LogP contribution in [-0.4, -0.2) is 31.0 Å². The number of nitrogens with zero attached hydrogens (tertiary/aromatic N) is 1. The molecule has 0 radical (unpaired) electrons. The maximum Gasteiger partial charge on any atom is 0.263 e. The first-order valence-electron chi connectivity index (χ1n) is 9.75. The summed E-state index contributed by atoms with van der Waals surface area (Å²) in [4.78, 5) is 16.5. The number of carbonyl (C=O) groups is 1. The van der Waals surface area contributed by atoms with Crippen LogP contribution in [0.15, 0.2) is 65.0 Å². The number of sulfonamides is 1. The fourth-order valence-electron chi connectivity index (χ4n) is 2.56. The normalized spacial score (nSPS) is 10.9. The standard InChI is InChI=1S/C21H22N4O4S3/c1-2-3-12-29-17-6-4-5-15(14-17)19(26)24-20(30)23-16-7-9-18(10-8-16)32(27,28)25-21-22-11-13-31-21/h4-11,13-14H,2-3,12H2,1H3,(H,22,25)(H2,23,24,26,30). The molecule has 1 aromatic heterocycles. The molecule has 2 aromatic carbocycles. The van der Waals surface area contributed by atoms with Crippen molar-refractivity contribution in [3.8, 4) is 5.75 Å². The van der Waals surface area contributed by atoms with Crippen molar-refractivity contribution in [2.45, 2.75) is 24.7 Å². The fourth-order valence-corrected chi connectivity index (χ4v) is 4.56. The number of amides is 1. The maximum atomic E-state index is 12.5. The Balaban J connectivity index is 1.57. The molecule has 1 amide bonds. The minimum atomic E-state index is -3.74. The first kappa shape index (κ1) is 23.6. The first-order chi connectivity index (χ1) is 15.4. The van der Waals surface area contributed by atoms with E-state index in [-0.39, 0.29) is 21.0 Å². The maximum absolute atomic E-state index is 12.5. The van der Waals surface area contributed by atoms with Crippen molar-refractivity contribution < 1.29 is 17.9 Å². The summed E-state index contributed by atoms with van der Waals surface area (Å²) in [6.45, 7) is 2.67. The van der Waals surface area contributed by atoms with Crippen molar-refractivity contribution in [1.82, 2.24) is 10.3 Å². The Hall–Kier alpha value is -3.02. The third-order valence-corrected chi connectivity index (χ3v) is 6.54. The molecule has 0 bridgehead atoms. The average Bonchev–Trinajstić information content (AvgIpc) is 3.27. The van der Waals surface area contributed by atoms with Gasteiger partial charge in [0, 0.05) is 22.8 Å². The number of nitrogens with one attached hydrogen (secondary N) is 3. The number of rotatable bonds is 9. The van der Waals surface area contributed by atoms with E-state index in [9.17, 15) is 13.2 Å². The molecule has 32 heavy (non-hydrogen) atoms. The zero-order chi connectivity index (χ0) is 23.0. The zero-order valence-electron chi connectivity index (χ0n) is 17.2. The van der Waals surface area contributed by atoms with Crippen molar-refractivity contribution >= 4 is 55.4 Å². The van der Waals surface area contributed by atoms with Crippen molar-refractivity contribution in [3.05, 3.63) is 65.7 Å². The number of aromatic nitrogens is 1. The number of hydrogen-bond donors (Lipinski definition) is 3. The molecule has 0 atom stereocenters. The number of thiazole rings is 1. The third-order valence-electron chi connectivity index (χ3n) is 4.17. The van der Waals surface area contributed by atoms with E-state index < -0.39 is 10.0 Å². The van der Waals surface area contributed by atoms with Crippen LogP contribution in [0.1, 0.15) is 30.1 Å². The van der Waals surface area contributed by atoms with Gasteiger partial charge in [0.25, 0.3) is 15.9 Å². The van der Waals surface area contributed by atoms with E-state index in [0.717, 1.165) is 12.8 Å². The van der Waals surface area contributed by atoms with Crippen LogP contribution in [0.5, 0.6) is 5.75 Å². The summed E-state index contributed by atoms with van der Waals surface area (Å²) in [5, 5.41) is 7.52. The van der Waals surface area contributed by atoms with Gasteiger partial charge in [0.15, 0.2) is 10.2 Å². The summed E-state index contributed by atoms with van der Waals surface area (Å²) in [5.74, 6) is 0.239. The van der Waals surface area contributed by atoms with Crippen LogP contribution in [0, 0.1) is 0 Å². The average molecular weight is 491 g/mol. The molecule has 0 spiro atoms. The fraction of sp³-hybridized carbons (Fsp3) is 0.190. The highest BCUT2D eigenvalue weighted by atomic mass is 32.2. The van der Waals surface area contributed by atoms with E-state index in [1.165, 1.54) is 29.7 Å². The molecule has 0 saturated carbocycles. The van der Waals surface area contributed by atoms with E-state index in [0.29, 0.717) is 23.6 Å². The number of thiocarbonyl (C=S) groups is 1. The van der Waals surface area contributed by atoms with Gasteiger partial charge in [-0.15, -0.1) is 11.3 Å². The Morgan fingerprint density at radius 2 is 1.97 bits per heavy atom. The van der Waals surface area contributed by atoms with E-state index in [1.807, 2.05) is 0 Å². The highest BCUT2D eigenvalue weighted by molar-refractivity contribution is 7.93. The highest BCUT2D eigenvalue weighted by Crippen LogP contribution is 2.19. The largest absolute Gasteiger partial charge is 0.494 e. The minimum absolute atomic E-state index is 0.0769. The molecule has 0 aliphatic rings. The van der Waals surface area contributed by atoms with Gasteiger partial charge in [-0.25, -0.2) is 13.4 Å². The molecule has 3 rings (SSSR count). The summed E-state index contributed by atoms with van der Waals surface area (Å²) in [6.07, 6.45) is 3.47. The van der Waals surface area contributed by atoms with Crippen LogP contribution in [-0.2, 0) is 10.0 Å². The Bertz CT molecular complexity index is 1160. The number of benzene rings is 2. The Labute approximate surface area is 196 Å². The lowest BCUT2D eigenvalue weighted by molar-refractivity contribution is 0.0977. The topological polar surface area (TPSA) is 109 Å². The summed E-state index contributed by atoms with van der Waals surface area (Å²) in [7, 11) is -3.74. The number of ether oxygens (including phenoxy) is 1. The molecule has 0 aliphatic heterocycles. The van der Waals surface area contributed by atoms with E-state index in [4.69, 9.17) is 17.0 Å². The second-order valence-electron chi connectivity index (χ2n) is 6.61. The van der Waals surface area contributed by atoms with Crippen LogP contribution in [0.25, 0.3) is 0 Å². The summed E-state index contributed by atoms with van der Waals surface area (Å²) in [6, 6.07) is 12.8. The predicted molar refractivity (Wildman–Crippen MR) is 130 cm³/mol. The van der Waals surface area contributed by atoms with E-state index in [1.54, 1.807) is 41.8 Å². The molecule has 0 aliphatic carbocycles. The van der Waals surface area contributed by atoms with Crippen molar-refractivity contribution in [2.24, 2.45) is 0 Å². The number of unbranched alkanes of at least 4 members (excludes halogenated alkanes) is 1. The van der Waals surface area contributed by atoms with Crippen LogP contribution >= 0.6 is 23.6 Å². The van der Waals surface area contributed by atoms with Gasteiger partial charge in [0.05, 0.1) is 11.5 Å². The molecule has 11 heteroatoms. The SMILES string of the molecule is CCCCOc1cccc(C(=O)NC(=S)Nc2ccc(S(=O)(=O)Nc3nccs3)cc2)c1. The molecule has 8 nitrogen and oxygen atoms in total. The van der Waals surface area contributed by atoms with Gasteiger partial charge in [0.1, 0.15) is 5.75 Å². The molecule has 0 saturated heterocycles. The summed E-state index contributed by atoms with van der Waals surface area (Å²) < 4.78 is 32.8. The van der Waals surface area contributed by atoms with Gasteiger partial charge in [-0.2, -0.15) is 0 Å². The van der Waals surface area contributed by atoms with E-state index in [2.05, 4.69) is 27.3 Å². The molecule has 0 fully saturated rings. The van der Waals surface area contributed by atoms with Gasteiger partial charge in [-0.3, -0.25) is 14.8 Å². The van der Waals surface area contributed by atoms with Gasteiger partial charge < -0.3 is 10.1 Å². The first-order valence-corrected chi connectivity index (χ1v) is 12.5. The summed E-state index contributed by atoms with van der Waals surface area (Å²) >= 11 is 6.39. The predicted octanol–water partition coefficient (Wildman–Crippen LogP) is 4.25. The van der Waals surface area contributed by atoms with Crippen molar-refractivity contribution in [2.75, 3.05) is 16.6 Å². The lowest BCUT2D eigenvalue weighted by Crippen LogP contribution is -2.34. The molecule has 168 valence electrons. The molecule has 1 heterocycles. The molecule has 3 N–H and O–H groups in total. The quantitative estimate of drug-likeness (QED) is 0.304. The number of anilines is 2. The molecular formula is C21H22N4O4S3. The van der Waals surface area contributed by atoms with Crippen LogP contribution in [0.2, 0.25) is 0 Å².